The van der Waals surface area contributed by atoms with E-state index in [0.29, 0.717) is 26.2 Å². The Labute approximate surface area is 155 Å². The molecule has 0 aliphatic carbocycles. The van der Waals surface area contributed by atoms with Crippen molar-refractivity contribution < 1.29 is 22.7 Å². The van der Waals surface area contributed by atoms with E-state index in [0.717, 1.165) is 0 Å². The fourth-order valence-corrected chi connectivity index (χ4v) is 5.51. The highest BCUT2D eigenvalue weighted by Crippen LogP contribution is 2.27. The van der Waals surface area contributed by atoms with Gasteiger partial charge in [0.15, 0.2) is 9.84 Å². The average molecular weight is 391 g/mol. The molecule has 2 atom stereocenters. The van der Waals surface area contributed by atoms with E-state index in [1.165, 1.54) is 4.90 Å². The third-order valence-electron chi connectivity index (χ3n) is 5.03. The van der Waals surface area contributed by atoms with Gasteiger partial charge in [-0.3, -0.25) is 19.4 Å². The molecule has 0 spiro atoms. The Bertz CT molecular complexity index is 624. The highest BCUT2D eigenvalue weighted by molar-refractivity contribution is 7.91. The summed E-state index contributed by atoms with van der Waals surface area (Å²) in [5.41, 5.74) is 0. The van der Waals surface area contributed by atoms with Gasteiger partial charge in [-0.25, -0.2) is 8.42 Å². The Hall–Kier alpha value is -1.23. The van der Waals surface area contributed by atoms with Crippen LogP contribution in [0.1, 0.15) is 0 Å². The van der Waals surface area contributed by atoms with E-state index in [2.05, 4.69) is 0 Å². The molecule has 2 fully saturated rings. The first-order chi connectivity index (χ1) is 12.1. The number of amides is 2. The predicted octanol–water partition coefficient (Wildman–Crippen LogP) is -2.04. The first kappa shape index (κ1) is 21.1. The molecule has 0 aromatic carbocycles. The number of methoxy groups -OCH3 is 1. The van der Waals surface area contributed by atoms with Crippen molar-refractivity contribution in [2.45, 2.75) is 12.1 Å². The highest BCUT2D eigenvalue weighted by atomic mass is 32.2. The van der Waals surface area contributed by atoms with Gasteiger partial charge < -0.3 is 14.5 Å². The van der Waals surface area contributed by atoms with Crippen LogP contribution in [0.25, 0.3) is 0 Å². The van der Waals surface area contributed by atoms with E-state index in [-0.39, 0.29) is 48.5 Å². The fraction of sp³-hybridized carbons (Fsp3) is 0.875. The summed E-state index contributed by atoms with van der Waals surface area (Å²) in [5.74, 6) is -0.166. The Morgan fingerprint density at radius 2 is 1.77 bits per heavy atom. The number of carbonyl (C=O) groups excluding carboxylic acids is 2. The zero-order valence-electron chi connectivity index (χ0n) is 16.0. The van der Waals surface area contributed by atoms with Gasteiger partial charge in [-0.2, -0.15) is 0 Å². The molecule has 0 unspecified atom stereocenters. The number of piperazine rings is 1. The molecule has 2 aliphatic heterocycles. The van der Waals surface area contributed by atoms with Crippen molar-refractivity contribution in [1.82, 2.24) is 19.6 Å². The zero-order chi connectivity index (χ0) is 19.5. The fourth-order valence-electron chi connectivity index (χ4n) is 3.49. The number of likely N-dealkylation sites (N-methyl/N-ethyl adjacent to an activating group) is 2. The lowest BCUT2D eigenvalue weighted by Gasteiger charge is -2.44. The lowest BCUT2D eigenvalue weighted by molar-refractivity contribution is -0.139. The summed E-state index contributed by atoms with van der Waals surface area (Å²) in [6.45, 7) is 2.51. The summed E-state index contributed by atoms with van der Waals surface area (Å²) in [4.78, 5) is 31.7. The topological polar surface area (TPSA) is 90.5 Å². The average Bonchev–Trinajstić information content (AvgIpc) is 2.88. The largest absolute Gasteiger partial charge is 0.383 e. The molecule has 2 saturated heterocycles. The summed E-state index contributed by atoms with van der Waals surface area (Å²) < 4.78 is 29.4. The minimum absolute atomic E-state index is 0.00166. The first-order valence-electron chi connectivity index (χ1n) is 8.76. The van der Waals surface area contributed by atoms with Crippen LogP contribution in [0.4, 0.5) is 0 Å². The molecular formula is C16H30N4O5S. The van der Waals surface area contributed by atoms with Crippen molar-refractivity contribution in [2.75, 3.05) is 79.1 Å². The van der Waals surface area contributed by atoms with Crippen molar-refractivity contribution in [1.29, 1.82) is 0 Å². The maximum Gasteiger partial charge on any atom is 0.237 e. The molecule has 2 aliphatic rings. The van der Waals surface area contributed by atoms with E-state index in [1.807, 2.05) is 16.8 Å². The Kier molecular flexibility index (Phi) is 7.00. The molecule has 0 radical (unpaired) electrons. The molecule has 10 heteroatoms. The van der Waals surface area contributed by atoms with Crippen LogP contribution in [0.2, 0.25) is 0 Å². The van der Waals surface area contributed by atoms with Gasteiger partial charge in [0, 0.05) is 46.9 Å². The second kappa shape index (κ2) is 8.64. The third kappa shape index (κ3) is 5.15. The number of sulfone groups is 1. The van der Waals surface area contributed by atoms with Crippen LogP contribution in [-0.4, -0.2) is 131 Å². The number of ether oxygens (including phenoxy) is 1. The molecule has 0 bridgehead atoms. The minimum atomic E-state index is -3.22. The number of carbonyl (C=O) groups is 2. The maximum atomic E-state index is 12.7. The van der Waals surface area contributed by atoms with Crippen LogP contribution in [0.3, 0.4) is 0 Å². The molecule has 150 valence electrons. The second-order valence-electron chi connectivity index (χ2n) is 7.29. The molecule has 2 rings (SSSR count). The van der Waals surface area contributed by atoms with Gasteiger partial charge >= 0.3 is 0 Å². The molecule has 2 amide bonds. The van der Waals surface area contributed by atoms with Crippen molar-refractivity contribution in [3.05, 3.63) is 0 Å². The van der Waals surface area contributed by atoms with E-state index < -0.39 is 9.84 Å². The van der Waals surface area contributed by atoms with E-state index >= 15 is 0 Å². The minimum Gasteiger partial charge on any atom is -0.383 e. The van der Waals surface area contributed by atoms with E-state index in [1.54, 1.807) is 26.1 Å². The maximum absolute atomic E-state index is 12.7. The molecule has 0 aromatic rings. The van der Waals surface area contributed by atoms with Crippen molar-refractivity contribution in [3.8, 4) is 0 Å². The van der Waals surface area contributed by atoms with Crippen molar-refractivity contribution in [3.63, 3.8) is 0 Å². The smallest absolute Gasteiger partial charge is 0.237 e. The molecule has 0 saturated carbocycles. The Balaban J connectivity index is 2.07. The number of hydrogen-bond donors (Lipinski definition) is 0. The van der Waals surface area contributed by atoms with Gasteiger partial charge in [0.25, 0.3) is 0 Å². The zero-order valence-corrected chi connectivity index (χ0v) is 16.9. The number of hydrogen-bond acceptors (Lipinski definition) is 7. The van der Waals surface area contributed by atoms with E-state index in [4.69, 9.17) is 4.74 Å². The lowest BCUT2D eigenvalue weighted by atomic mass is 10.0. The van der Waals surface area contributed by atoms with Crippen LogP contribution in [0.15, 0.2) is 0 Å². The Morgan fingerprint density at radius 3 is 2.38 bits per heavy atom. The summed E-state index contributed by atoms with van der Waals surface area (Å²) in [5, 5.41) is 0. The normalized spacial score (nSPS) is 25.3. The number of nitrogens with zero attached hydrogens (tertiary/aromatic N) is 4. The highest BCUT2D eigenvalue weighted by Gasteiger charge is 2.48. The van der Waals surface area contributed by atoms with Crippen molar-refractivity contribution >= 4 is 21.7 Å². The predicted molar refractivity (Wildman–Crippen MR) is 97.6 cm³/mol. The molecule has 0 N–H and O–H groups in total. The van der Waals surface area contributed by atoms with Gasteiger partial charge in [-0.1, -0.05) is 0 Å². The van der Waals surface area contributed by atoms with Gasteiger partial charge in [-0.05, 0) is 7.05 Å². The second-order valence-corrected chi connectivity index (χ2v) is 9.44. The molecular weight excluding hydrogens is 360 g/mol. The van der Waals surface area contributed by atoms with E-state index in [9.17, 15) is 18.0 Å². The van der Waals surface area contributed by atoms with Crippen LogP contribution in [0, 0.1) is 0 Å². The van der Waals surface area contributed by atoms with Gasteiger partial charge in [-0.15, -0.1) is 0 Å². The van der Waals surface area contributed by atoms with Crippen LogP contribution in [0.5, 0.6) is 0 Å². The van der Waals surface area contributed by atoms with Gasteiger partial charge in [0.1, 0.15) is 0 Å². The molecule has 9 nitrogen and oxygen atoms in total. The SMILES string of the molecule is COCCN(C)CC(=O)N1CCN(CC(=O)N(C)C)[C@H]2CS(=O)(=O)C[C@H]21. The third-order valence-corrected chi connectivity index (χ3v) is 6.73. The summed E-state index contributed by atoms with van der Waals surface area (Å²) in [6, 6.07) is -0.696. The van der Waals surface area contributed by atoms with Crippen LogP contribution >= 0.6 is 0 Å². The number of rotatable bonds is 7. The summed E-state index contributed by atoms with van der Waals surface area (Å²) >= 11 is 0. The quantitative estimate of drug-likeness (QED) is 0.495. The monoisotopic (exact) mass is 390 g/mol. The first-order valence-corrected chi connectivity index (χ1v) is 10.6. The summed E-state index contributed by atoms with van der Waals surface area (Å²) in [6.07, 6.45) is 0. The standard InChI is InChI=1S/C16H30N4O5S/c1-17(2)15(21)10-19-5-6-20(14-12-26(23,24)11-13(14)19)16(22)9-18(3)7-8-25-4/h13-14H,5-12H2,1-4H3/t13-,14+/m0/s1. The molecule has 26 heavy (non-hydrogen) atoms. The van der Waals surface area contributed by atoms with Crippen LogP contribution in [-0.2, 0) is 24.2 Å². The van der Waals surface area contributed by atoms with Gasteiger partial charge in [0.05, 0.1) is 37.2 Å². The van der Waals surface area contributed by atoms with Crippen LogP contribution < -0.4 is 0 Å². The van der Waals surface area contributed by atoms with Gasteiger partial charge in [0.2, 0.25) is 11.8 Å². The lowest BCUT2D eigenvalue weighted by Crippen LogP contribution is -2.62. The number of fused-ring (bicyclic) bond motifs is 1. The molecule has 0 aromatic heterocycles. The molecule has 2 heterocycles. The van der Waals surface area contributed by atoms with Crippen molar-refractivity contribution in [2.24, 2.45) is 0 Å². The summed E-state index contributed by atoms with van der Waals surface area (Å²) in [7, 11) is 3.59. The Morgan fingerprint density at radius 1 is 1.12 bits per heavy atom.